The minimum Gasteiger partial charge on any atom is -0.495 e. The molecule has 18 heavy (non-hydrogen) atoms. The zero-order valence-corrected chi connectivity index (χ0v) is 10.9. The van der Waals surface area contributed by atoms with E-state index in [9.17, 15) is 4.79 Å². The third kappa shape index (κ3) is 2.40. The summed E-state index contributed by atoms with van der Waals surface area (Å²) in [4.78, 5) is 14.2. The number of para-hydroxylation sites is 2. The fourth-order valence-corrected chi connectivity index (χ4v) is 2.35. The van der Waals surface area contributed by atoms with E-state index in [1.807, 2.05) is 42.2 Å². The molecule has 96 valence electrons. The summed E-state index contributed by atoms with van der Waals surface area (Å²) in [7, 11) is 1.64. The summed E-state index contributed by atoms with van der Waals surface area (Å²) in [6.45, 7) is 2.76. The van der Waals surface area contributed by atoms with E-state index in [4.69, 9.17) is 4.74 Å². The Kier molecular flexibility index (Phi) is 4.03. The van der Waals surface area contributed by atoms with E-state index in [1.54, 1.807) is 7.11 Å². The lowest BCUT2D eigenvalue weighted by Crippen LogP contribution is -2.27. The van der Waals surface area contributed by atoms with Crippen LogP contribution < -0.4 is 9.64 Å². The van der Waals surface area contributed by atoms with Crippen molar-refractivity contribution in [1.29, 1.82) is 0 Å². The number of rotatable bonds is 4. The Morgan fingerprint density at radius 3 is 2.94 bits per heavy atom. The summed E-state index contributed by atoms with van der Waals surface area (Å²) < 4.78 is 5.31. The zero-order chi connectivity index (χ0) is 13.0. The molecule has 0 radical (unpaired) electrons. The normalized spacial score (nSPS) is 19.8. The van der Waals surface area contributed by atoms with Gasteiger partial charge in [-0.25, -0.2) is 0 Å². The average Bonchev–Trinajstić information content (AvgIpc) is 2.77. The van der Waals surface area contributed by atoms with Crippen molar-refractivity contribution in [3.05, 3.63) is 36.4 Å². The van der Waals surface area contributed by atoms with Crippen LogP contribution in [0.1, 0.15) is 19.8 Å². The molecule has 1 saturated heterocycles. The number of carbonyl (C=O) groups excluding carboxylic acids is 1. The van der Waals surface area contributed by atoms with Gasteiger partial charge in [0, 0.05) is 12.5 Å². The molecule has 1 aromatic carbocycles. The molecular formula is C15H19NO2. The van der Waals surface area contributed by atoms with Crippen LogP contribution in [0.4, 0.5) is 5.69 Å². The van der Waals surface area contributed by atoms with Crippen molar-refractivity contribution in [1.82, 2.24) is 0 Å². The predicted octanol–water partition coefficient (Wildman–Crippen LogP) is 3.01. The monoisotopic (exact) mass is 245 g/mol. The van der Waals surface area contributed by atoms with Gasteiger partial charge >= 0.3 is 0 Å². The van der Waals surface area contributed by atoms with Crippen molar-refractivity contribution in [2.24, 2.45) is 5.92 Å². The minimum atomic E-state index is 0.117. The number of amides is 1. The lowest BCUT2D eigenvalue weighted by Gasteiger charge is -2.19. The Hall–Kier alpha value is -1.77. The number of allylic oxidation sites excluding steroid dienone is 2. The number of anilines is 1. The lowest BCUT2D eigenvalue weighted by molar-refractivity contribution is -0.120. The fraction of sp³-hybridized carbons (Fsp3) is 0.400. The van der Waals surface area contributed by atoms with Gasteiger partial charge in [-0.15, -0.1) is 0 Å². The van der Waals surface area contributed by atoms with E-state index >= 15 is 0 Å². The fourth-order valence-electron chi connectivity index (χ4n) is 2.35. The second-order valence-corrected chi connectivity index (χ2v) is 4.45. The van der Waals surface area contributed by atoms with Gasteiger partial charge in [0.05, 0.1) is 12.8 Å². The molecule has 1 aliphatic rings. The van der Waals surface area contributed by atoms with Crippen molar-refractivity contribution >= 4 is 11.6 Å². The smallest absolute Gasteiger partial charge is 0.230 e. The van der Waals surface area contributed by atoms with Crippen LogP contribution in [0.3, 0.4) is 0 Å². The molecule has 0 saturated carbocycles. The maximum atomic E-state index is 12.3. The highest BCUT2D eigenvalue weighted by molar-refractivity contribution is 5.98. The number of benzene rings is 1. The topological polar surface area (TPSA) is 29.5 Å². The predicted molar refractivity (Wildman–Crippen MR) is 72.9 cm³/mol. The van der Waals surface area contributed by atoms with Gasteiger partial charge in [-0.05, 0) is 31.9 Å². The maximum Gasteiger partial charge on any atom is 0.230 e. The molecule has 3 heteroatoms. The summed E-state index contributed by atoms with van der Waals surface area (Å²) >= 11 is 0. The highest BCUT2D eigenvalue weighted by atomic mass is 16.5. The summed E-state index contributed by atoms with van der Waals surface area (Å²) in [5, 5.41) is 0. The molecule has 0 aromatic heterocycles. The third-order valence-electron chi connectivity index (χ3n) is 3.35. The van der Waals surface area contributed by atoms with Crippen LogP contribution in [0, 0.1) is 5.92 Å². The van der Waals surface area contributed by atoms with Crippen molar-refractivity contribution < 1.29 is 9.53 Å². The Balaban J connectivity index is 2.18. The molecule has 2 rings (SSSR count). The van der Waals surface area contributed by atoms with Crippen molar-refractivity contribution in [3.8, 4) is 5.75 Å². The number of hydrogen-bond acceptors (Lipinski definition) is 2. The first-order valence-electron chi connectivity index (χ1n) is 6.33. The van der Waals surface area contributed by atoms with E-state index in [0.717, 1.165) is 30.8 Å². The second kappa shape index (κ2) is 5.71. The number of carbonyl (C=O) groups is 1. The molecule has 1 heterocycles. The molecular weight excluding hydrogens is 226 g/mol. The van der Waals surface area contributed by atoms with Crippen LogP contribution in [0.25, 0.3) is 0 Å². The van der Waals surface area contributed by atoms with Gasteiger partial charge in [0.1, 0.15) is 5.75 Å². The van der Waals surface area contributed by atoms with E-state index in [0.29, 0.717) is 0 Å². The number of nitrogens with zero attached hydrogens (tertiary/aromatic N) is 1. The molecule has 1 atom stereocenters. The summed E-state index contributed by atoms with van der Waals surface area (Å²) in [5.74, 6) is 1.08. The van der Waals surface area contributed by atoms with E-state index < -0.39 is 0 Å². The Morgan fingerprint density at radius 2 is 2.22 bits per heavy atom. The molecule has 3 nitrogen and oxygen atoms in total. The summed E-state index contributed by atoms with van der Waals surface area (Å²) in [6.07, 6.45) is 5.82. The highest BCUT2D eigenvalue weighted by Crippen LogP contribution is 2.33. The van der Waals surface area contributed by atoms with Crippen molar-refractivity contribution in [2.45, 2.75) is 19.8 Å². The SMILES string of the molecule is C/C=C/CC1CCN(c2ccccc2OC)C1=O. The summed E-state index contributed by atoms with van der Waals surface area (Å²) in [5.41, 5.74) is 0.882. The molecule has 1 unspecified atom stereocenters. The standard InChI is InChI=1S/C15H19NO2/c1-3-4-7-12-10-11-16(15(12)17)13-8-5-6-9-14(13)18-2/h3-6,8-9,12H,7,10-11H2,1-2H3/b4-3+. The van der Waals surface area contributed by atoms with Gasteiger partial charge in [-0.2, -0.15) is 0 Å². The molecule has 0 bridgehead atoms. The molecule has 1 aliphatic heterocycles. The third-order valence-corrected chi connectivity index (χ3v) is 3.35. The molecule has 0 aliphatic carbocycles. The molecule has 1 amide bonds. The maximum absolute atomic E-state index is 12.3. The van der Waals surface area contributed by atoms with E-state index in [1.165, 1.54) is 0 Å². The number of ether oxygens (including phenoxy) is 1. The van der Waals surface area contributed by atoms with Gasteiger partial charge in [-0.1, -0.05) is 24.3 Å². The lowest BCUT2D eigenvalue weighted by atomic mass is 10.0. The molecule has 0 N–H and O–H groups in total. The van der Waals surface area contributed by atoms with Gasteiger partial charge < -0.3 is 9.64 Å². The van der Waals surface area contributed by atoms with Gasteiger partial charge in [0.25, 0.3) is 0 Å². The largest absolute Gasteiger partial charge is 0.495 e. The Labute approximate surface area is 108 Å². The molecule has 1 fully saturated rings. The van der Waals surface area contributed by atoms with Crippen LogP contribution in [0.2, 0.25) is 0 Å². The summed E-state index contributed by atoms with van der Waals surface area (Å²) in [6, 6.07) is 7.68. The van der Waals surface area contributed by atoms with Crippen LogP contribution in [0.5, 0.6) is 5.75 Å². The zero-order valence-electron chi connectivity index (χ0n) is 10.9. The van der Waals surface area contributed by atoms with Crippen LogP contribution in [0.15, 0.2) is 36.4 Å². The second-order valence-electron chi connectivity index (χ2n) is 4.45. The number of hydrogen-bond donors (Lipinski definition) is 0. The first-order chi connectivity index (χ1) is 8.77. The average molecular weight is 245 g/mol. The van der Waals surface area contributed by atoms with Crippen molar-refractivity contribution in [3.63, 3.8) is 0 Å². The molecule has 0 spiro atoms. The van der Waals surface area contributed by atoms with E-state index in [2.05, 4.69) is 6.08 Å². The highest BCUT2D eigenvalue weighted by Gasteiger charge is 2.32. The molecule has 1 aromatic rings. The first-order valence-corrected chi connectivity index (χ1v) is 6.33. The Bertz CT molecular complexity index is 454. The van der Waals surface area contributed by atoms with Gasteiger partial charge in [0.15, 0.2) is 0 Å². The van der Waals surface area contributed by atoms with E-state index in [-0.39, 0.29) is 11.8 Å². The van der Waals surface area contributed by atoms with Crippen molar-refractivity contribution in [2.75, 3.05) is 18.6 Å². The van der Waals surface area contributed by atoms with Gasteiger partial charge in [-0.3, -0.25) is 4.79 Å². The first kappa shape index (κ1) is 12.7. The minimum absolute atomic E-state index is 0.117. The number of methoxy groups -OCH3 is 1. The Morgan fingerprint density at radius 1 is 1.44 bits per heavy atom. The van der Waals surface area contributed by atoms with Crippen LogP contribution in [-0.4, -0.2) is 19.6 Å². The van der Waals surface area contributed by atoms with Gasteiger partial charge in [0.2, 0.25) is 5.91 Å². The van der Waals surface area contributed by atoms with Crippen LogP contribution >= 0.6 is 0 Å². The van der Waals surface area contributed by atoms with Crippen LogP contribution in [-0.2, 0) is 4.79 Å². The quantitative estimate of drug-likeness (QED) is 0.763.